The Morgan fingerprint density at radius 3 is 2.91 bits per heavy atom. The van der Waals surface area contributed by atoms with E-state index in [1.807, 2.05) is 18.3 Å². The van der Waals surface area contributed by atoms with Crippen molar-refractivity contribution in [2.24, 2.45) is 0 Å². The second-order valence-electron chi connectivity index (χ2n) is 8.60. The first-order valence-electron chi connectivity index (χ1n) is 11.3. The van der Waals surface area contributed by atoms with Crippen LogP contribution in [0.2, 0.25) is 0 Å². The molecule has 0 unspecified atom stereocenters. The summed E-state index contributed by atoms with van der Waals surface area (Å²) in [5.74, 6) is 0.664. The number of carbonyl (C=O) groups is 1. The zero-order valence-electron chi connectivity index (χ0n) is 19.2. The first kappa shape index (κ1) is 21.8. The first-order chi connectivity index (χ1) is 16.5. The van der Waals surface area contributed by atoms with Gasteiger partial charge in [0.2, 0.25) is 0 Å². The van der Waals surface area contributed by atoms with Crippen molar-refractivity contribution in [3.63, 3.8) is 0 Å². The number of nitrogens with one attached hydrogen (secondary N) is 2. The molecule has 4 aromatic rings. The van der Waals surface area contributed by atoms with E-state index in [1.165, 1.54) is 17.0 Å². The van der Waals surface area contributed by atoms with Crippen molar-refractivity contribution in [2.45, 2.75) is 19.4 Å². The molecule has 0 saturated carbocycles. The summed E-state index contributed by atoms with van der Waals surface area (Å²) in [6.45, 7) is 1.64. The molecule has 0 saturated heterocycles. The molecule has 2 amide bonds. The average molecular weight is 460 g/mol. The number of carbonyl (C=O) groups excluding carboxylic acids is 1. The zero-order chi connectivity index (χ0) is 23.7. The number of anilines is 1. The summed E-state index contributed by atoms with van der Waals surface area (Å²) in [6, 6.07) is 9.53. The number of halogens is 1. The Balaban J connectivity index is 1.44. The topological polar surface area (TPSA) is 90.0 Å². The second-order valence-corrected chi connectivity index (χ2v) is 8.60. The number of aromatic nitrogens is 4. The smallest absolute Gasteiger partial charge is 0.319 e. The summed E-state index contributed by atoms with van der Waals surface area (Å²) in [6.07, 6.45) is 6.19. The van der Waals surface area contributed by atoms with Gasteiger partial charge in [-0.2, -0.15) is 0 Å². The lowest BCUT2D eigenvalue weighted by atomic mass is 10.0. The molecule has 1 aliphatic heterocycles. The summed E-state index contributed by atoms with van der Waals surface area (Å²) in [7, 11) is 3.47. The van der Waals surface area contributed by atoms with E-state index in [0.717, 1.165) is 35.2 Å². The monoisotopic (exact) mass is 459 g/mol. The minimum atomic E-state index is -0.447. The van der Waals surface area contributed by atoms with Gasteiger partial charge in [-0.15, -0.1) is 0 Å². The van der Waals surface area contributed by atoms with Gasteiger partial charge in [0.1, 0.15) is 11.6 Å². The highest BCUT2D eigenvalue weighted by Gasteiger charge is 2.26. The van der Waals surface area contributed by atoms with Crippen molar-refractivity contribution < 1.29 is 9.18 Å². The van der Waals surface area contributed by atoms with Gasteiger partial charge in [-0.25, -0.2) is 19.2 Å². The molecule has 2 N–H and O–H groups in total. The van der Waals surface area contributed by atoms with Gasteiger partial charge in [0.05, 0.1) is 18.4 Å². The highest BCUT2D eigenvalue weighted by Crippen LogP contribution is 2.28. The van der Waals surface area contributed by atoms with Gasteiger partial charge in [-0.1, -0.05) is 18.2 Å². The zero-order valence-corrected chi connectivity index (χ0v) is 19.2. The largest absolute Gasteiger partial charge is 0.369 e. The molecule has 1 aromatic carbocycles. The van der Waals surface area contributed by atoms with Crippen LogP contribution in [0.25, 0.3) is 22.3 Å². The minimum absolute atomic E-state index is 0.0629. The number of amides is 2. The molecule has 4 heterocycles. The number of para-hydroxylation sites is 1. The number of nitrogens with zero attached hydrogens (tertiary/aromatic N) is 5. The van der Waals surface area contributed by atoms with Gasteiger partial charge in [-0.05, 0) is 30.5 Å². The van der Waals surface area contributed by atoms with E-state index in [2.05, 4.69) is 27.4 Å². The number of hydrogen-bond acceptors (Lipinski definition) is 5. The molecule has 174 valence electrons. The Morgan fingerprint density at radius 1 is 1.24 bits per heavy atom. The Bertz CT molecular complexity index is 1350. The highest BCUT2D eigenvalue weighted by atomic mass is 19.1. The second kappa shape index (κ2) is 9.09. The van der Waals surface area contributed by atoms with Crippen molar-refractivity contribution >= 4 is 22.8 Å². The summed E-state index contributed by atoms with van der Waals surface area (Å²) in [5, 5.41) is 4.68. The molecule has 0 fully saturated rings. The molecule has 34 heavy (non-hydrogen) atoms. The van der Waals surface area contributed by atoms with Crippen LogP contribution in [0.1, 0.15) is 16.8 Å². The maximum Gasteiger partial charge on any atom is 0.319 e. The fourth-order valence-electron chi connectivity index (χ4n) is 4.34. The molecule has 0 radical (unpaired) electrons. The van der Waals surface area contributed by atoms with Gasteiger partial charge >= 0.3 is 6.03 Å². The van der Waals surface area contributed by atoms with E-state index in [0.29, 0.717) is 37.4 Å². The predicted octanol–water partition coefficient (Wildman–Crippen LogP) is 3.85. The molecule has 1 aliphatic rings. The SMILES string of the molecule is CN(C)C(=O)N1CCc2c(nc(-c3cncc(F)c3)nc2NCCc2c[nH]c3ccccc23)C1. The number of H-pyrrole nitrogens is 1. The van der Waals surface area contributed by atoms with Crippen molar-refractivity contribution in [1.29, 1.82) is 0 Å². The van der Waals surface area contributed by atoms with Gasteiger partial charge in [0, 0.05) is 61.6 Å². The van der Waals surface area contributed by atoms with Crippen LogP contribution in [0, 0.1) is 5.82 Å². The standard InChI is InChI=1S/C25H26FN7O/c1-32(2)25(34)33-10-8-20-22(15-33)30-23(17-11-18(26)14-27-12-17)31-24(20)28-9-7-16-13-29-21-6-4-3-5-19(16)21/h3-6,11-14,29H,7-10,15H2,1-2H3,(H,28,30,31). The fraction of sp³-hybridized carbons (Fsp3) is 0.280. The van der Waals surface area contributed by atoms with Crippen molar-refractivity contribution in [3.8, 4) is 11.4 Å². The van der Waals surface area contributed by atoms with Crippen LogP contribution in [-0.4, -0.2) is 63.0 Å². The summed E-state index contributed by atoms with van der Waals surface area (Å²) in [5.41, 5.74) is 4.60. The van der Waals surface area contributed by atoms with Gasteiger partial charge < -0.3 is 20.1 Å². The molecule has 0 spiro atoms. The summed E-state index contributed by atoms with van der Waals surface area (Å²) < 4.78 is 13.8. The third-order valence-corrected chi connectivity index (χ3v) is 6.04. The average Bonchev–Trinajstić information content (AvgIpc) is 3.26. The lowest BCUT2D eigenvalue weighted by molar-refractivity contribution is 0.165. The van der Waals surface area contributed by atoms with Crippen molar-refractivity contribution in [2.75, 3.05) is 32.5 Å². The molecular formula is C25H26FN7O. The van der Waals surface area contributed by atoms with E-state index in [4.69, 9.17) is 9.97 Å². The molecule has 0 aliphatic carbocycles. The highest BCUT2D eigenvalue weighted by molar-refractivity contribution is 5.83. The molecule has 0 bridgehead atoms. The normalized spacial score (nSPS) is 13.1. The predicted molar refractivity (Wildman–Crippen MR) is 129 cm³/mol. The number of benzene rings is 1. The molecule has 0 atom stereocenters. The van der Waals surface area contributed by atoms with E-state index >= 15 is 0 Å². The number of pyridine rings is 1. The van der Waals surface area contributed by atoms with E-state index in [9.17, 15) is 9.18 Å². The van der Waals surface area contributed by atoms with Crippen LogP contribution in [0.4, 0.5) is 15.0 Å². The first-order valence-corrected chi connectivity index (χ1v) is 11.3. The van der Waals surface area contributed by atoms with Crippen molar-refractivity contribution in [3.05, 3.63) is 71.6 Å². The molecule has 9 heteroatoms. The van der Waals surface area contributed by atoms with Gasteiger partial charge in [0.25, 0.3) is 0 Å². The van der Waals surface area contributed by atoms with Gasteiger partial charge in [0.15, 0.2) is 5.82 Å². The molecule has 8 nitrogen and oxygen atoms in total. The van der Waals surface area contributed by atoms with Crippen LogP contribution in [-0.2, 0) is 19.4 Å². The Kier molecular flexibility index (Phi) is 5.83. The summed E-state index contributed by atoms with van der Waals surface area (Å²) in [4.78, 5) is 32.5. The van der Waals surface area contributed by atoms with Gasteiger partial charge in [-0.3, -0.25) is 4.98 Å². The third-order valence-electron chi connectivity index (χ3n) is 6.04. The molecule has 3 aromatic heterocycles. The van der Waals surface area contributed by atoms with E-state index in [-0.39, 0.29) is 6.03 Å². The number of hydrogen-bond donors (Lipinski definition) is 2. The number of fused-ring (bicyclic) bond motifs is 2. The maximum atomic E-state index is 13.8. The van der Waals surface area contributed by atoms with Crippen LogP contribution in [0.15, 0.2) is 48.9 Å². The lowest BCUT2D eigenvalue weighted by Gasteiger charge is -2.31. The number of rotatable bonds is 5. The Labute approximate surface area is 196 Å². The Hall–Kier alpha value is -4.01. The lowest BCUT2D eigenvalue weighted by Crippen LogP contribution is -2.42. The maximum absolute atomic E-state index is 13.8. The van der Waals surface area contributed by atoms with Crippen molar-refractivity contribution in [1.82, 2.24) is 29.7 Å². The quantitative estimate of drug-likeness (QED) is 0.473. The fourth-order valence-corrected chi connectivity index (χ4v) is 4.34. The number of urea groups is 1. The number of aromatic amines is 1. The summed E-state index contributed by atoms with van der Waals surface area (Å²) >= 11 is 0. The third kappa shape index (κ3) is 4.28. The van der Waals surface area contributed by atoms with Crippen LogP contribution >= 0.6 is 0 Å². The van der Waals surface area contributed by atoms with Crippen LogP contribution < -0.4 is 5.32 Å². The molecule has 5 rings (SSSR count). The van der Waals surface area contributed by atoms with Crippen LogP contribution in [0.3, 0.4) is 0 Å². The van der Waals surface area contributed by atoms with E-state index < -0.39 is 5.82 Å². The minimum Gasteiger partial charge on any atom is -0.369 e. The van der Waals surface area contributed by atoms with Crippen LogP contribution in [0.5, 0.6) is 0 Å². The molecular weight excluding hydrogens is 433 g/mol. The Morgan fingerprint density at radius 2 is 2.09 bits per heavy atom. The van der Waals surface area contributed by atoms with E-state index in [1.54, 1.807) is 30.1 Å².